The van der Waals surface area contributed by atoms with E-state index in [0.717, 1.165) is 44.8 Å². The van der Waals surface area contributed by atoms with Crippen LogP contribution in [0.15, 0.2) is 24.3 Å². The Morgan fingerprint density at radius 2 is 1.75 bits per heavy atom. The molecule has 1 saturated heterocycles. The fourth-order valence-corrected chi connectivity index (χ4v) is 4.14. The van der Waals surface area contributed by atoms with Gasteiger partial charge in [0.2, 0.25) is 0 Å². The van der Waals surface area contributed by atoms with Crippen molar-refractivity contribution in [1.82, 2.24) is 9.80 Å². The summed E-state index contributed by atoms with van der Waals surface area (Å²) in [6, 6.07) is 8.84. The van der Waals surface area contributed by atoms with Crippen LogP contribution in [0.3, 0.4) is 0 Å². The molecule has 4 nitrogen and oxygen atoms in total. The minimum absolute atomic E-state index is 0.0969. The van der Waals surface area contributed by atoms with Gasteiger partial charge in [0.1, 0.15) is 5.75 Å². The number of benzene rings is 1. The van der Waals surface area contributed by atoms with E-state index in [2.05, 4.69) is 21.9 Å². The molecular formula is C20H32N2O2. The fourth-order valence-electron chi connectivity index (χ4n) is 4.14. The van der Waals surface area contributed by atoms with Crippen molar-refractivity contribution in [2.45, 2.75) is 50.7 Å². The van der Waals surface area contributed by atoms with Crippen molar-refractivity contribution in [3.63, 3.8) is 0 Å². The summed E-state index contributed by atoms with van der Waals surface area (Å²) in [7, 11) is 1.71. The average Bonchev–Trinajstić information content (AvgIpc) is 2.63. The smallest absolute Gasteiger partial charge is 0.118 e. The molecule has 0 spiro atoms. The number of hydrogen-bond donors (Lipinski definition) is 1. The molecule has 1 aromatic rings. The van der Waals surface area contributed by atoms with Crippen LogP contribution in [0.2, 0.25) is 0 Å². The lowest BCUT2D eigenvalue weighted by atomic mass is 9.91. The van der Waals surface area contributed by atoms with Gasteiger partial charge >= 0.3 is 0 Å². The van der Waals surface area contributed by atoms with Crippen molar-refractivity contribution in [2.75, 3.05) is 39.8 Å². The van der Waals surface area contributed by atoms with Crippen LogP contribution >= 0.6 is 0 Å². The second-order valence-corrected chi connectivity index (χ2v) is 7.25. The SMILES string of the molecule is COc1ccc(CCCN2CCN([C@H]3CCCC[C@@H]3O)CC2)cc1. The van der Waals surface area contributed by atoms with Crippen molar-refractivity contribution >= 4 is 0 Å². The van der Waals surface area contributed by atoms with Gasteiger partial charge in [0, 0.05) is 32.2 Å². The summed E-state index contributed by atoms with van der Waals surface area (Å²) >= 11 is 0. The number of nitrogens with zero attached hydrogens (tertiary/aromatic N) is 2. The van der Waals surface area contributed by atoms with Crippen molar-refractivity contribution in [1.29, 1.82) is 0 Å². The number of hydrogen-bond acceptors (Lipinski definition) is 4. The van der Waals surface area contributed by atoms with Crippen LogP contribution < -0.4 is 4.74 Å². The highest BCUT2D eigenvalue weighted by Crippen LogP contribution is 2.24. The number of aryl methyl sites for hydroxylation is 1. The summed E-state index contributed by atoms with van der Waals surface area (Å²) in [6.45, 7) is 5.69. The molecule has 2 fully saturated rings. The first-order chi connectivity index (χ1) is 11.8. The summed E-state index contributed by atoms with van der Waals surface area (Å²) in [5.41, 5.74) is 1.39. The van der Waals surface area contributed by atoms with E-state index in [0.29, 0.717) is 6.04 Å². The lowest BCUT2D eigenvalue weighted by molar-refractivity contribution is -0.00358. The Balaban J connectivity index is 1.36. The van der Waals surface area contributed by atoms with Gasteiger partial charge in [-0.15, -0.1) is 0 Å². The standard InChI is InChI=1S/C20H32N2O2/c1-24-18-10-8-17(9-11-18)5-4-12-21-13-15-22(16-14-21)19-6-2-3-7-20(19)23/h8-11,19-20,23H,2-7,12-16H2,1H3/t19-,20-/m0/s1. The summed E-state index contributed by atoms with van der Waals surface area (Å²) in [6.07, 6.45) is 6.89. The summed E-state index contributed by atoms with van der Waals surface area (Å²) < 4.78 is 5.21. The number of aliphatic hydroxyl groups excluding tert-OH is 1. The Hall–Kier alpha value is -1.10. The summed E-state index contributed by atoms with van der Waals surface area (Å²) in [5.74, 6) is 0.930. The van der Waals surface area contributed by atoms with E-state index in [9.17, 15) is 5.11 Å². The second-order valence-electron chi connectivity index (χ2n) is 7.25. The molecule has 3 rings (SSSR count). The molecule has 134 valence electrons. The van der Waals surface area contributed by atoms with Crippen molar-refractivity contribution in [2.24, 2.45) is 0 Å². The summed E-state index contributed by atoms with van der Waals surface area (Å²) in [5, 5.41) is 10.2. The molecule has 1 saturated carbocycles. The highest BCUT2D eigenvalue weighted by molar-refractivity contribution is 5.27. The fraction of sp³-hybridized carbons (Fsp3) is 0.700. The van der Waals surface area contributed by atoms with E-state index in [1.54, 1.807) is 7.11 Å². The third-order valence-corrected chi connectivity index (χ3v) is 5.67. The van der Waals surface area contributed by atoms with Crippen LogP contribution in [-0.4, -0.2) is 66.9 Å². The lowest BCUT2D eigenvalue weighted by Gasteiger charge is -2.42. The van der Waals surface area contributed by atoms with Crippen molar-refractivity contribution < 1.29 is 9.84 Å². The second kappa shape index (κ2) is 8.84. The number of aliphatic hydroxyl groups is 1. The van der Waals surface area contributed by atoms with Crippen LogP contribution in [0.4, 0.5) is 0 Å². The van der Waals surface area contributed by atoms with Crippen molar-refractivity contribution in [3.05, 3.63) is 29.8 Å². The number of piperazine rings is 1. The van der Waals surface area contributed by atoms with E-state index in [1.807, 2.05) is 12.1 Å². The molecule has 0 radical (unpaired) electrons. The van der Waals surface area contributed by atoms with E-state index in [-0.39, 0.29) is 6.10 Å². The Morgan fingerprint density at radius 1 is 1.04 bits per heavy atom. The Labute approximate surface area is 146 Å². The van der Waals surface area contributed by atoms with E-state index >= 15 is 0 Å². The molecule has 2 atom stereocenters. The molecule has 0 unspecified atom stereocenters. The van der Waals surface area contributed by atoms with Gasteiger partial charge in [-0.25, -0.2) is 0 Å². The normalized spacial score (nSPS) is 26.4. The molecular weight excluding hydrogens is 300 g/mol. The van der Waals surface area contributed by atoms with Crippen LogP contribution in [0, 0.1) is 0 Å². The molecule has 1 heterocycles. The first-order valence-corrected chi connectivity index (χ1v) is 9.53. The van der Waals surface area contributed by atoms with Gasteiger partial charge in [-0.1, -0.05) is 25.0 Å². The van der Waals surface area contributed by atoms with Crippen molar-refractivity contribution in [3.8, 4) is 5.75 Å². The Kier molecular flexibility index (Phi) is 6.52. The molecule has 1 aromatic carbocycles. The minimum atomic E-state index is -0.0969. The largest absolute Gasteiger partial charge is 0.497 e. The zero-order chi connectivity index (χ0) is 16.8. The maximum absolute atomic E-state index is 10.2. The lowest BCUT2D eigenvalue weighted by Crippen LogP contribution is -2.54. The molecule has 0 amide bonds. The highest BCUT2D eigenvalue weighted by atomic mass is 16.5. The van der Waals surface area contributed by atoms with Gasteiger partial charge in [0.25, 0.3) is 0 Å². The van der Waals surface area contributed by atoms with Crippen LogP contribution in [-0.2, 0) is 6.42 Å². The predicted molar refractivity (Wildman–Crippen MR) is 97.6 cm³/mol. The number of methoxy groups -OCH3 is 1. The topological polar surface area (TPSA) is 35.9 Å². The molecule has 2 aliphatic rings. The van der Waals surface area contributed by atoms with Gasteiger partial charge in [-0.2, -0.15) is 0 Å². The molecule has 0 aromatic heterocycles. The van der Waals surface area contributed by atoms with Gasteiger partial charge in [-0.3, -0.25) is 4.90 Å². The monoisotopic (exact) mass is 332 g/mol. The predicted octanol–water partition coefficient (Wildman–Crippen LogP) is 2.55. The molecule has 0 bridgehead atoms. The maximum Gasteiger partial charge on any atom is 0.118 e. The van der Waals surface area contributed by atoms with E-state index < -0.39 is 0 Å². The van der Waals surface area contributed by atoms with Gasteiger partial charge in [0.15, 0.2) is 0 Å². The average molecular weight is 332 g/mol. The third kappa shape index (κ3) is 4.71. The minimum Gasteiger partial charge on any atom is -0.497 e. The molecule has 1 aliphatic carbocycles. The molecule has 1 aliphatic heterocycles. The van der Waals surface area contributed by atoms with Gasteiger partial charge in [-0.05, 0) is 49.9 Å². The maximum atomic E-state index is 10.2. The zero-order valence-corrected chi connectivity index (χ0v) is 15.0. The number of ether oxygens (including phenoxy) is 1. The quantitative estimate of drug-likeness (QED) is 0.868. The Morgan fingerprint density at radius 3 is 2.42 bits per heavy atom. The highest BCUT2D eigenvalue weighted by Gasteiger charge is 2.30. The molecule has 24 heavy (non-hydrogen) atoms. The van der Waals surface area contributed by atoms with Crippen LogP contribution in [0.25, 0.3) is 0 Å². The van der Waals surface area contributed by atoms with Crippen LogP contribution in [0.5, 0.6) is 5.75 Å². The van der Waals surface area contributed by atoms with Gasteiger partial charge in [0.05, 0.1) is 13.2 Å². The third-order valence-electron chi connectivity index (χ3n) is 5.67. The van der Waals surface area contributed by atoms with E-state index in [4.69, 9.17) is 4.74 Å². The number of rotatable bonds is 6. The first-order valence-electron chi connectivity index (χ1n) is 9.53. The Bertz CT molecular complexity index is 483. The summed E-state index contributed by atoms with van der Waals surface area (Å²) in [4.78, 5) is 5.11. The van der Waals surface area contributed by atoms with Crippen LogP contribution in [0.1, 0.15) is 37.7 Å². The van der Waals surface area contributed by atoms with Gasteiger partial charge < -0.3 is 14.7 Å². The molecule has 4 heteroatoms. The zero-order valence-electron chi connectivity index (χ0n) is 15.0. The molecule has 1 N–H and O–H groups in total. The first kappa shape index (κ1) is 17.7. The van der Waals surface area contributed by atoms with E-state index in [1.165, 1.54) is 37.8 Å².